The van der Waals surface area contributed by atoms with Gasteiger partial charge in [0.2, 0.25) is 0 Å². The fraction of sp³-hybridized carbons (Fsp3) is 0.222. The summed E-state index contributed by atoms with van der Waals surface area (Å²) >= 11 is 22.7. The lowest BCUT2D eigenvalue weighted by Gasteiger charge is -2.14. The monoisotopic (exact) mass is 352 g/mol. The van der Waals surface area contributed by atoms with Gasteiger partial charge in [0, 0.05) is 15.6 Å². The predicted molar refractivity (Wildman–Crippen MR) is 74.1 cm³/mol. The molecular formula is C9H5Cl5O2S. The third-order valence-electron chi connectivity index (χ3n) is 1.71. The van der Waals surface area contributed by atoms with E-state index in [1.54, 1.807) is 12.1 Å². The molecule has 0 amide bonds. The molecule has 0 aliphatic rings. The molecule has 1 aromatic carbocycles. The fourth-order valence-corrected chi connectivity index (χ4v) is 1.78. The second kappa shape index (κ2) is 6.60. The summed E-state index contributed by atoms with van der Waals surface area (Å²) in [5.74, 6) is -0.855. The highest BCUT2D eigenvalue weighted by atomic mass is 35.7. The molecule has 0 aromatic heterocycles. The third kappa shape index (κ3) is 4.58. The minimum atomic E-state index is -1.83. The molecule has 0 saturated heterocycles. The zero-order valence-electron chi connectivity index (χ0n) is 8.05. The van der Waals surface area contributed by atoms with E-state index in [2.05, 4.69) is 0 Å². The topological polar surface area (TPSA) is 26.3 Å². The first kappa shape index (κ1) is 15.5. The summed E-state index contributed by atoms with van der Waals surface area (Å²) in [6.45, 7) is -0.0620. The number of rotatable bonds is 4. The third-order valence-corrected chi connectivity index (χ3v) is 4.60. The van der Waals surface area contributed by atoms with Gasteiger partial charge in [0.1, 0.15) is 6.61 Å². The van der Waals surface area contributed by atoms with Crippen molar-refractivity contribution in [1.29, 1.82) is 0 Å². The summed E-state index contributed by atoms with van der Waals surface area (Å²) < 4.78 is 3.04. The van der Waals surface area contributed by atoms with Crippen molar-refractivity contribution in [3.8, 4) is 0 Å². The van der Waals surface area contributed by atoms with Crippen molar-refractivity contribution in [3.63, 3.8) is 0 Å². The summed E-state index contributed by atoms with van der Waals surface area (Å²) in [5.41, 5.74) is 0.591. The average Bonchev–Trinajstić information content (AvgIpc) is 2.27. The number of carbonyl (C=O) groups is 1. The number of benzene rings is 1. The van der Waals surface area contributed by atoms with Crippen LogP contribution in [0.1, 0.15) is 5.56 Å². The Balaban J connectivity index is 2.65. The largest absolute Gasteiger partial charge is 0.458 e. The lowest BCUT2D eigenvalue weighted by atomic mass is 10.2. The van der Waals surface area contributed by atoms with E-state index in [0.717, 1.165) is 0 Å². The van der Waals surface area contributed by atoms with E-state index in [9.17, 15) is 4.79 Å². The van der Waals surface area contributed by atoms with Gasteiger partial charge in [-0.05, 0) is 33.8 Å². The number of hydrogen-bond donors (Lipinski definition) is 0. The van der Waals surface area contributed by atoms with Gasteiger partial charge in [-0.3, -0.25) is 0 Å². The minimum absolute atomic E-state index is 0.0620. The summed E-state index contributed by atoms with van der Waals surface area (Å²) in [6.07, 6.45) is 0. The molecule has 0 bridgehead atoms. The first-order valence-corrected chi connectivity index (χ1v) is 7.31. The molecule has 0 aliphatic heterocycles. The molecule has 94 valence electrons. The first-order chi connectivity index (χ1) is 7.86. The Morgan fingerprint density at radius 3 is 2.53 bits per heavy atom. The Morgan fingerprint density at radius 1 is 1.35 bits per heavy atom. The Kier molecular flexibility index (Phi) is 6.03. The van der Waals surface area contributed by atoms with Crippen LogP contribution in [0.5, 0.6) is 0 Å². The van der Waals surface area contributed by atoms with E-state index in [-0.39, 0.29) is 6.61 Å². The predicted octanol–water partition coefficient (Wildman–Crippen LogP) is 5.06. The van der Waals surface area contributed by atoms with Crippen LogP contribution in [0.3, 0.4) is 0 Å². The summed E-state index contributed by atoms with van der Waals surface area (Å²) in [4.78, 5) is 11.4. The number of carbonyl (C=O) groups excluding carboxylic acids is 1. The molecule has 0 saturated carbocycles. The normalized spacial score (nSPS) is 11.4. The maximum Gasteiger partial charge on any atom is 0.354 e. The van der Waals surface area contributed by atoms with Crippen LogP contribution >= 0.6 is 68.1 Å². The Labute approximate surface area is 127 Å². The summed E-state index contributed by atoms with van der Waals surface area (Å²) in [6, 6.07) is 4.80. The molecular weight excluding hydrogens is 349 g/mol. The molecule has 1 rings (SSSR count). The highest BCUT2D eigenvalue weighted by Crippen LogP contribution is 2.39. The van der Waals surface area contributed by atoms with Crippen LogP contribution in [0.15, 0.2) is 18.2 Å². The van der Waals surface area contributed by atoms with Crippen LogP contribution in [0, 0.1) is 0 Å². The van der Waals surface area contributed by atoms with Crippen molar-refractivity contribution >= 4 is 74.0 Å². The van der Waals surface area contributed by atoms with Gasteiger partial charge in [-0.25, -0.2) is 4.79 Å². The zero-order valence-corrected chi connectivity index (χ0v) is 12.6. The van der Waals surface area contributed by atoms with Crippen molar-refractivity contribution in [3.05, 3.63) is 33.8 Å². The molecule has 0 heterocycles. The maximum atomic E-state index is 11.4. The Morgan fingerprint density at radius 2 is 2.00 bits per heavy atom. The molecule has 0 aliphatic carbocycles. The lowest BCUT2D eigenvalue weighted by molar-refractivity contribution is -0.143. The van der Waals surface area contributed by atoms with Crippen molar-refractivity contribution in [1.82, 2.24) is 0 Å². The molecule has 0 unspecified atom stereocenters. The van der Waals surface area contributed by atoms with Gasteiger partial charge < -0.3 is 4.74 Å². The van der Waals surface area contributed by atoms with Crippen LogP contribution in [-0.4, -0.2) is 9.63 Å². The zero-order chi connectivity index (χ0) is 13.1. The average molecular weight is 354 g/mol. The molecule has 17 heavy (non-hydrogen) atoms. The summed E-state index contributed by atoms with van der Waals surface area (Å²) in [7, 11) is 5.78. The van der Waals surface area contributed by atoms with Gasteiger partial charge in [-0.2, -0.15) is 0 Å². The van der Waals surface area contributed by atoms with E-state index < -0.39 is 9.63 Å². The van der Waals surface area contributed by atoms with Crippen LogP contribution in [-0.2, 0) is 16.1 Å². The van der Waals surface area contributed by atoms with E-state index in [4.69, 9.17) is 61.8 Å². The molecule has 8 heteroatoms. The Hall–Kier alpha value is 0.490. The van der Waals surface area contributed by atoms with E-state index >= 15 is 0 Å². The van der Waals surface area contributed by atoms with Gasteiger partial charge in [0.05, 0.1) is 0 Å². The smallest absolute Gasteiger partial charge is 0.354 e. The van der Waals surface area contributed by atoms with Crippen LogP contribution in [0.2, 0.25) is 10.0 Å². The molecule has 0 N–H and O–H groups in total. The van der Waals surface area contributed by atoms with Crippen molar-refractivity contribution < 1.29 is 9.53 Å². The van der Waals surface area contributed by atoms with Crippen molar-refractivity contribution in [2.24, 2.45) is 0 Å². The first-order valence-electron chi connectivity index (χ1n) is 4.15. The number of alkyl halides is 2. The second-order valence-corrected chi connectivity index (χ2v) is 6.75. The summed E-state index contributed by atoms with van der Waals surface area (Å²) in [5, 5.41) is 0.879. The fourth-order valence-electron chi connectivity index (χ4n) is 0.898. The van der Waals surface area contributed by atoms with Crippen molar-refractivity contribution in [2.45, 2.75) is 10.3 Å². The lowest BCUT2D eigenvalue weighted by Crippen LogP contribution is -2.23. The second-order valence-electron chi connectivity index (χ2n) is 2.91. The van der Waals surface area contributed by atoms with Gasteiger partial charge >= 0.3 is 5.97 Å². The standard InChI is InChI=1S/C9H5Cl5O2S/c10-6-2-1-5(7(11)3-6)4-16-8(15)9(12,13)17-14/h1-3H,4H2. The maximum absolute atomic E-state index is 11.4. The molecule has 1 aromatic rings. The van der Waals surface area contributed by atoms with Crippen LogP contribution in [0.4, 0.5) is 0 Å². The highest BCUT2D eigenvalue weighted by molar-refractivity contribution is 8.24. The molecule has 0 fully saturated rings. The number of esters is 1. The van der Waals surface area contributed by atoms with E-state index in [1.807, 2.05) is 0 Å². The van der Waals surface area contributed by atoms with Gasteiger partial charge in [0.15, 0.2) is 0 Å². The van der Waals surface area contributed by atoms with Gasteiger partial charge in [0.25, 0.3) is 3.67 Å². The van der Waals surface area contributed by atoms with Crippen LogP contribution in [0.25, 0.3) is 0 Å². The van der Waals surface area contributed by atoms with Gasteiger partial charge in [-0.15, -0.1) is 0 Å². The van der Waals surface area contributed by atoms with Crippen LogP contribution < -0.4 is 0 Å². The number of halogens is 5. The number of hydrogen-bond acceptors (Lipinski definition) is 3. The highest BCUT2D eigenvalue weighted by Gasteiger charge is 2.36. The molecule has 0 radical (unpaired) electrons. The minimum Gasteiger partial charge on any atom is -0.458 e. The Bertz CT molecular complexity index is 424. The van der Waals surface area contributed by atoms with E-state index in [0.29, 0.717) is 26.6 Å². The molecule has 2 nitrogen and oxygen atoms in total. The SMILES string of the molecule is O=C(OCc1ccc(Cl)cc1Cl)C(Cl)(Cl)SCl. The molecule has 0 spiro atoms. The van der Waals surface area contributed by atoms with Crippen molar-refractivity contribution in [2.75, 3.05) is 0 Å². The van der Waals surface area contributed by atoms with Gasteiger partial charge in [-0.1, -0.05) is 52.5 Å². The quantitative estimate of drug-likeness (QED) is 0.559. The number of ether oxygens (including phenoxy) is 1. The van der Waals surface area contributed by atoms with E-state index in [1.165, 1.54) is 6.07 Å². The molecule has 0 atom stereocenters.